The largest absolute Gasteiger partial charge is 0.493 e. The molecule has 0 N–H and O–H groups in total. The Bertz CT molecular complexity index is 737. The number of halogens is 3. The molecule has 0 unspecified atom stereocenters. The third-order valence-electron chi connectivity index (χ3n) is 3.57. The molecule has 0 saturated carbocycles. The average Bonchev–Trinajstić information content (AvgIpc) is 2.59. The zero-order chi connectivity index (χ0) is 18.4. The van der Waals surface area contributed by atoms with E-state index >= 15 is 0 Å². The molecule has 2 aromatic rings. The summed E-state index contributed by atoms with van der Waals surface area (Å²) in [6.07, 6.45) is 0. The minimum atomic E-state index is -3.10. The maximum atomic E-state index is 13.3. The summed E-state index contributed by atoms with van der Waals surface area (Å²) in [7, 11) is 1.30. The minimum Gasteiger partial charge on any atom is -0.493 e. The minimum absolute atomic E-state index is 0.0351. The number of ether oxygens (including phenoxy) is 2. The molecule has 0 radical (unpaired) electrons. The summed E-state index contributed by atoms with van der Waals surface area (Å²) >= 11 is 0. The number of carbonyl (C=O) groups excluding carboxylic acids is 1. The summed E-state index contributed by atoms with van der Waals surface area (Å²) in [4.78, 5) is 14.2. The number of para-hydroxylation sites is 1. The molecule has 7 heteroatoms. The van der Waals surface area contributed by atoms with Crippen LogP contribution in [-0.4, -0.2) is 31.1 Å². The van der Waals surface area contributed by atoms with Crippen molar-refractivity contribution in [3.05, 3.63) is 59.4 Å². The van der Waals surface area contributed by atoms with Gasteiger partial charge in [-0.3, -0.25) is 4.79 Å². The van der Waals surface area contributed by atoms with E-state index in [9.17, 15) is 18.0 Å². The molecule has 4 nitrogen and oxygen atoms in total. The van der Waals surface area contributed by atoms with Gasteiger partial charge in [0.1, 0.15) is 5.82 Å². The summed E-state index contributed by atoms with van der Waals surface area (Å²) in [6.45, 7) is -0.912. The highest BCUT2D eigenvalue weighted by Gasteiger charge is 2.23. The van der Waals surface area contributed by atoms with Crippen molar-refractivity contribution >= 4 is 5.91 Å². The van der Waals surface area contributed by atoms with Gasteiger partial charge >= 0.3 is 6.61 Å². The Balaban J connectivity index is 2.33. The van der Waals surface area contributed by atoms with E-state index in [0.29, 0.717) is 12.1 Å². The summed E-state index contributed by atoms with van der Waals surface area (Å²) in [5, 5.41) is 0. The number of carbonyl (C=O) groups is 1. The Hall–Kier alpha value is -2.70. The van der Waals surface area contributed by atoms with Crippen molar-refractivity contribution in [1.29, 1.82) is 0 Å². The molecule has 0 aliphatic heterocycles. The number of hydrogen-bond acceptors (Lipinski definition) is 3. The van der Waals surface area contributed by atoms with Gasteiger partial charge in [-0.05, 0) is 36.8 Å². The van der Waals surface area contributed by atoms with Crippen molar-refractivity contribution in [1.82, 2.24) is 4.90 Å². The summed E-state index contributed by atoms with van der Waals surface area (Å²) in [5.41, 5.74) is 0.548. The molecular weight excluding hydrogens is 335 g/mol. The molecule has 0 atom stereocenters. The first-order valence-corrected chi connectivity index (χ1v) is 7.61. The van der Waals surface area contributed by atoms with Gasteiger partial charge in [0.05, 0.1) is 12.7 Å². The lowest BCUT2D eigenvalue weighted by atomic mass is 10.1. The zero-order valence-electron chi connectivity index (χ0n) is 13.8. The normalized spacial score (nSPS) is 10.6. The fourth-order valence-electron chi connectivity index (χ4n) is 2.41. The average molecular weight is 353 g/mol. The zero-order valence-corrected chi connectivity index (χ0v) is 13.8. The third kappa shape index (κ3) is 4.65. The van der Waals surface area contributed by atoms with Gasteiger partial charge in [-0.1, -0.05) is 18.2 Å². The second-order valence-electron chi connectivity index (χ2n) is 5.16. The van der Waals surface area contributed by atoms with Crippen molar-refractivity contribution in [2.75, 3.05) is 13.7 Å². The molecular formula is C18H18F3NO3. The highest BCUT2D eigenvalue weighted by Crippen LogP contribution is 2.33. The van der Waals surface area contributed by atoms with Gasteiger partial charge < -0.3 is 14.4 Å². The molecule has 2 rings (SSSR count). The van der Waals surface area contributed by atoms with E-state index in [1.165, 1.54) is 42.3 Å². The van der Waals surface area contributed by atoms with Crippen molar-refractivity contribution in [3.63, 3.8) is 0 Å². The molecule has 0 aliphatic rings. The van der Waals surface area contributed by atoms with Gasteiger partial charge in [0.2, 0.25) is 0 Å². The summed E-state index contributed by atoms with van der Waals surface area (Å²) in [6, 6.07) is 10.2. The molecule has 0 aromatic heterocycles. The Labute approximate surface area is 143 Å². The van der Waals surface area contributed by atoms with Crippen LogP contribution in [0.1, 0.15) is 22.8 Å². The summed E-state index contributed by atoms with van der Waals surface area (Å²) in [5.74, 6) is -1.21. The fourth-order valence-corrected chi connectivity index (χ4v) is 2.41. The molecule has 25 heavy (non-hydrogen) atoms. The molecule has 0 aliphatic carbocycles. The lowest BCUT2D eigenvalue weighted by Gasteiger charge is -2.23. The van der Waals surface area contributed by atoms with E-state index in [4.69, 9.17) is 4.74 Å². The van der Waals surface area contributed by atoms with Crippen molar-refractivity contribution in [2.24, 2.45) is 0 Å². The first kappa shape index (κ1) is 18.6. The Kier molecular flexibility index (Phi) is 6.27. The number of methoxy groups -OCH3 is 1. The quantitative estimate of drug-likeness (QED) is 0.752. The Morgan fingerprint density at radius 3 is 2.52 bits per heavy atom. The smallest absolute Gasteiger partial charge is 0.387 e. The maximum absolute atomic E-state index is 13.3. The summed E-state index contributed by atoms with van der Waals surface area (Å²) < 4.78 is 48.2. The van der Waals surface area contributed by atoms with Crippen LogP contribution in [0.4, 0.5) is 13.2 Å². The van der Waals surface area contributed by atoms with Crippen LogP contribution < -0.4 is 9.47 Å². The first-order chi connectivity index (χ1) is 12.0. The van der Waals surface area contributed by atoms with Gasteiger partial charge in [-0.15, -0.1) is 0 Å². The highest BCUT2D eigenvalue weighted by atomic mass is 19.3. The second kappa shape index (κ2) is 8.41. The van der Waals surface area contributed by atoms with Crippen LogP contribution in [-0.2, 0) is 6.54 Å². The standard InChI is InChI=1S/C18H18F3NO3/c1-3-22(11-12-6-4-7-13(19)10-12)17(23)14-8-5-9-15(24-2)16(14)25-18(20)21/h4-10,18H,3,11H2,1-2H3. The Morgan fingerprint density at radius 1 is 1.20 bits per heavy atom. The van der Waals surface area contributed by atoms with Crippen LogP contribution in [0.5, 0.6) is 11.5 Å². The van der Waals surface area contributed by atoms with E-state index in [1.807, 2.05) is 0 Å². The van der Waals surface area contributed by atoms with E-state index in [-0.39, 0.29) is 23.6 Å². The molecule has 0 bridgehead atoms. The van der Waals surface area contributed by atoms with E-state index < -0.39 is 18.3 Å². The molecule has 2 aromatic carbocycles. The van der Waals surface area contributed by atoms with Crippen LogP contribution in [0, 0.1) is 5.82 Å². The first-order valence-electron chi connectivity index (χ1n) is 7.61. The number of rotatable bonds is 7. The topological polar surface area (TPSA) is 38.8 Å². The van der Waals surface area contributed by atoms with Crippen LogP contribution in [0.25, 0.3) is 0 Å². The third-order valence-corrected chi connectivity index (χ3v) is 3.57. The van der Waals surface area contributed by atoms with Gasteiger partial charge in [-0.2, -0.15) is 8.78 Å². The van der Waals surface area contributed by atoms with Gasteiger partial charge in [0, 0.05) is 13.1 Å². The maximum Gasteiger partial charge on any atom is 0.387 e. The number of alkyl halides is 2. The molecule has 0 heterocycles. The number of hydrogen-bond donors (Lipinski definition) is 0. The second-order valence-corrected chi connectivity index (χ2v) is 5.16. The van der Waals surface area contributed by atoms with Crippen LogP contribution in [0.3, 0.4) is 0 Å². The number of nitrogens with zero attached hydrogens (tertiary/aromatic N) is 1. The van der Waals surface area contributed by atoms with Gasteiger partial charge in [-0.25, -0.2) is 4.39 Å². The van der Waals surface area contributed by atoms with Crippen molar-refractivity contribution < 1.29 is 27.4 Å². The lowest BCUT2D eigenvalue weighted by molar-refractivity contribution is -0.0516. The predicted molar refractivity (Wildman–Crippen MR) is 86.4 cm³/mol. The molecule has 1 amide bonds. The van der Waals surface area contributed by atoms with E-state index in [2.05, 4.69) is 4.74 Å². The van der Waals surface area contributed by atoms with Crippen molar-refractivity contribution in [2.45, 2.75) is 20.1 Å². The SMILES string of the molecule is CCN(Cc1cccc(F)c1)C(=O)c1cccc(OC)c1OC(F)F. The monoisotopic (exact) mass is 353 g/mol. The highest BCUT2D eigenvalue weighted by molar-refractivity contribution is 5.97. The lowest BCUT2D eigenvalue weighted by Crippen LogP contribution is -2.31. The molecule has 0 spiro atoms. The van der Waals surface area contributed by atoms with E-state index in [0.717, 1.165) is 0 Å². The van der Waals surface area contributed by atoms with Gasteiger partial charge in [0.25, 0.3) is 5.91 Å². The van der Waals surface area contributed by atoms with Crippen LogP contribution >= 0.6 is 0 Å². The van der Waals surface area contributed by atoms with Gasteiger partial charge in [0.15, 0.2) is 11.5 Å². The predicted octanol–water partition coefficient (Wildman–Crippen LogP) is 4.10. The number of amides is 1. The van der Waals surface area contributed by atoms with Crippen LogP contribution in [0.2, 0.25) is 0 Å². The van der Waals surface area contributed by atoms with E-state index in [1.54, 1.807) is 19.1 Å². The van der Waals surface area contributed by atoms with Crippen molar-refractivity contribution in [3.8, 4) is 11.5 Å². The van der Waals surface area contributed by atoms with Crippen LogP contribution in [0.15, 0.2) is 42.5 Å². The Morgan fingerprint density at radius 2 is 1.92 bits per heavy atom. The number of benzene rings is 2. The molecule has 0 saturated heterocycles. The molecule has 0 fully saturated rings. The fraction of sp³-hybridized carbons (Fsp3) is 0.278. The molecule has 134 valence electrons.